The first-order valence-corrected chi connectivity index (χ1v) is 14.0. The summed E-state index contributed by atoms with van der Waals surface area (Å²) < 4.78 is 39.4. The number of anilines is 1. The van der Waals surface area contributed by atoms with Crippen molar-refractivity contribution in [2.45, 2.75) is 11.4 Å². The highest BCUT2D eigenvalue weighted by atomic mass is 35.5. The van der Waals surface area contributed by atoms with E-state index in [9.17, 15) is 13.2 Å². The SMILES string of the molecule is O=C(c1cc(S(=O)(=O)Nc2cccc(Cl)c2)c(Cl)cc1Cl)N1CCN(Cc2ccc3c(c2)OCO3)CC1. The summed E-state index contributed by atoms with van der Waals surface area (Å²) in [4.78, 5) is 17.0. The van der Waals surface area contributed by atoms with E-state index in [0.29, 0.717) is 37.7 Å². The van der Waals surface area contributed by atoms with Gasteiger partial charge in [0.25, 0.3) is 15.9 Å². The van der Waals surface area contributed by atoms with Gasteiger partial charge in [-0.15, -0.1) is 0 Å². The largest absolute Gasteiger partial charge is 0.454 e. The third-order valence-electron chi connectivity index (χ3n) is 6.12. The van der Waals surface area contributed by atoms with E-state index in [1.165, 1.54) is 18.2 Å². The molecule has 2 heterocycles. The van der Waals surface area contributed by atoms with Crippen molar-refractivity contribution < 1.29 is 22.7 Å². The van der Waals surface area contributed by atoms with E-state index >= 15 is 0 Å². The number of hydrogen-bond acceptors (Lipinski definition) is 6. The maximum Gasteiger partial charge on any atom is 0.263 e. The Bertz CT molecular complexity index is 1460. The number of hydrogen-bond donors (Lipinski definition) is 1. The average molecular weight is 583 g/mol. The van der Waals surface area contributed by atoms with Crippen LogP contribution < -0.4 is 14.2 Å². The van der Waals surface area contributed by atoms with Crippen LogP contribution in [0.3, 0.4) is 0 Å². The molecule has 0 atom stereocenters. The van der Waals surface area contributed by atoms with Gasteiger partial charge in [-0.3, -0.25) is 14.4 Å². The summed E-state index contributed by atoms with van der Waals surface area (Å²) in [7, 11) is -4.11. The van der Waals surface area contributed by atoms with Crippen LogP contribution in [0.5, 0.6) is 11.5 Å². The van der Waals surface area contributed by atoms with Crippen molar-refractivity contribution in [3.63, 3.8) is 0 Å². The molecule has 2 aliphatic heterocycles. The molecule has 1 saturated heterocycles. The van der Waals surface area contributed by atoms with E-state index in [0.717, 1.165) is 17.1 Å². The van der Waals surface area contributed by atoms with Gasteiger partial charge in [-0.05, 0) is 48.0 Å². The zero-order chi connectivity index (χ0) is 26.2. The molecule has 0 saturated carbocycles. The minimum absolute atomic E-state index is 0.0711. The predicted molar refractivity (Wildman–Crippen MR) is 142 cm³/mol. The van der Waals surface area contributed by atoms with Crippen LogP contribution in [0, 0.1) is 0 Å². The highest BCUT2D eigenvalue weighted by Gasteiger charge is 2.28. The number of rotatable bonds is 6. The summed E-state index contributed by atoms with van der Waals surface area (Å²) in [5, 5.41) is 0.361. The van der Waals surface area contributed by atoms with Crippen LogP contribution in [-0.2, 0) is 16.6 Å². The van der Waals surface area contributed by atoms with Crippen molar-refractivity contribution >= 4 is 56.4 Å². The summed E-state index contributed by atoms with van der Waals surface area (Å²) in [6.07, 6.45) is 0. The molecule has 2 aliphatic rings. The van der Waals surface area contributed by atoms with E-state index < -0.39 is 10.0 Å². The van der Waals surface area contributed by atoms with Crippen LogP contribution in [0.25, 0.3) is 0 Å². The number of ether oxygens (including phenoxy) is 2. The normalized spacial score (nSPS) is 15.6. The zero-order valence-corrected chi connectivity index (χ0v) is 22.5. The van der Waals surface area contributed by atoms with Crippen molar-refractivity contribution in [3.05, 3.63) is 80.8 Å². The first kappa shape index (κ1) is 25.9. The van der Waals surface area contributed by atoms with E-state index in [2.05, 4.69) is 9.62 Å². The summed E-state index contributed by atoms with van der Waals surface area (Å²) in [5.41, 5.74) is 1.43. The van der Waals surface area contributed by atoms with Gasteiger partial charge in [0, 0.05) is 37.7 Å². The third-order valence-corrected chi connectivity index (χ3v) is 8.51. The first-order chi connectivity index (χ1) is 17.7. The molecule has 3 aromatic rings. The number of halogens is 3. The molecule has 0 bridgehead atoms. The number of nitrogens with zero attached hydrogens (tertiary/aromatic N) is 2. The second-order valence-corrected chi connectivity index (χ2v) is 11.5. The lowest BCUT2D eigenvalue weighted by Gasteiger charge is -2.35. The molecule has 1 fully saturated rings. The lowest BCUT2D eigenvalue weighted by Crippen LogP contribution is -2.48. The van der Waals surface area contributed by atoms with Crippen LogP contribution in [-0.4, -0.2) is 57.1 Å². The van der Waals surface area contributed by atoms with Crippen molar-refractivity contribution in [2.24, 2.45) is 0 Å². The predicted octanol–water partition coefficient (Wildman–Crippen LogP) is 5.13. The van der Waals surface area contributed by atoms with E-state index in [-0.39, 0.29) is 38.9 Å². The number of sulfonamides is 1. The van der Waals surface area contributed by atoms with Crippen molar-refractivity contribution in [2.75, 3.05) is 37.7 Å². The molecular formula is C25H22Cl3N3O5S. The minimum Gasteiger partial charge on any atom is -0.454 e. The molecule has 37 heavy (non-hydrogen) atoms. The van der Waals surface area contributed by atoms with Gasteiger partial charge in [0.2, 0.25) is 6.79 Å². The second kappa shape index (κ2) is 10.6. The van der Waals surface area contributed by atoms with Gasteiger partial charge < -0.3 is 14.4 Å². The number of piperazine rings is 1. The molecule has 1 amide bonds. The summed E-state index contributed by atoms with van der Waals surface area (Å²) in [5.74, 6) is 1.12. The summed E-state index contributed by atoms with van der Waals surface area (Å²) in [6.45, 7) is 3.15. The van der Waals surface area contributed by atoms with E-state index in [4.69, 9.17) is 44.3 Å². The molecule has 0 aromatic heterocycles. The monoisotopic (exact) mass is 581 g/mol. The van der Waals surface area contributed by atoms with E-state index in [1.54, 1.807) is 23.1 Å². The van der Waals surface area contributed by atoms with Crippen LogP contribution >= 0.6 is 34.8 Å². The number of carbonyl (C=O) groups excluding carboxylic acids is 1. The first-order valence-electron chi connectivity index (χ1n) is 11.4. The van der Waals surface area contributed by atoms with Gasteiger partial charge in [0.1, 0.15) is 4.90 Å². The Morgan fingerprint density at radius 2 is 1.65 bits per heavy atom. The fourth-order valence-corrected chi connectivity index (χ4v) is 6.33. The standard InChI is InChI=1S/C25H22Cl3N3O5S/c26-17-2-1-3-18(11-17)29-37(33,34)24-12-19(20(27)13-21(24)28)25(32)31-8-6-30(7-9-31)14-16-4-5-22-23(10-16)36-15-35-22/h1-5,10-13,29H,6-9,14-15H2. The number of fused-ring (bicyclic) bond motifs is 1. The van der Waals surface area contributed by atoms with Gasteiger partial charge in [-0.2, -0.15) is 0 Å². The maximum absolute atomic E-state index is 13.3. The Morgan fingerprint density at radius 3 is 2.41 bits per heavy atom. The third kappa shape index (κ3) is 5.76. The molecular weight excluding hydrogens is 561 g/mol. The van der Waals surface area contributed by atoms with E-state index in [1.807, 2.05) is 18.2 Å². The number of amides is 1. The summed E-state index contributed by atoms with van der Waals surface area (Å²) in [6, 6.07) is 14.6. The van der Waals surface area contributed by atoms with Gasteiger partial charge in [-0.25, -0.2) is 8.42 Å². The molecule has 0 spiro atoms. The Labute approximate surface area is 229 Å². The number of nitrogens with one attached hydrogen (secondary N) is 1. The molecule has 12 heteroatoms. The highest BCUT2D eigenvalue weighted by molar-refractivity contribution is 7.92. The van der Waals surface area contributed by atoms with Crippen LogP contribution in [0.4, 0.5) is 5.69 Å². The molecule has 194 valence electrons. The van der Waals surface area contributed by atoms with Gasteiger partial charge in [-0.1, -0.05) is 46.9 Å². The van der Waals surface area contributed by atoms with Gasteiger partial charge in [0.05, 0.1) is 21.3 Å². The molecule has 0 radical (unpaired) electrons. The molecule has 5 rings (SSSR count). The summed E-state index contributed by atoms with van der Waals surface area (Å²) >= 11 is 18.5. The quantitative estimate of drug-likeness (QED) is 0.433. The Morgan fingerprint density at radius 1 is 0.892 bits per heavy atom. The fraction of sp³-hybridized carbons (Fsp3) is 0.240. The maximum atomic E-state index is 13.3. The van der Waals surface area contributed by atoms with Gasteiger partial charge in [0.15, 0.2) is 11.5 Å². The van der Waals surface area contributed by atoms with Gasteiger partial charge >= 0.3 is 0 Å². The smallest absolute Gasteiger partial charge is 0.263 e. The zero-order valence-electron chi connectivity index (χ0n) is 19.4. The molecule has 1 N–H and O–H groups in total. The lowest BCUT2D eigenvalue weighted by atomic mass is 10.1. The molecule has 0 aliphatic carbocycles. The lowest BCUT2D eigenvalue weighted by molar-refractivity contribution is 0.0628. The second-order valence-electron chi connectivity index (χ2n) is 8.63. The Kier molecular flexibility index (Phi) is 7.42. The van der Waals surface area contributed by atoms with Crippen molar-refractivity contribution in [1.29, 1.82) is 0 Å². The number of carbonyl (C=O) groups is 1. The van der Waals surface area contributed by atoms with Crippen molar-refractivity contribution in [3.8, 4) is 11.5 Å². The average Bonchev–Trinajstić information content (AvgIpc) is 3.32. The fourth-order valence-electron chi connectivity index (χ4n) is 4.24. The van der Waals surface area contributed by atoms with Crippen LogP contribution in [0.1, 0.15) is 15.9 Å². The van der Waals surface area contributed by atoms with Crippen LogP contribution in [0.15, 0.2) is 59.5 Å². The molecule has 3 aromatic carbocycles. The Balaban J connectivity index is 1.28. The topological polar surface area (TPSA) is 88.2 Å². The number of benzene rings is 3. The Hall–Kier alpha value is -2.69. The molecule has 8 nitrogen and oxygen atoms in total. The van der Waals surface area contributed by atoms with Crippen LogP contribution in [0.2, 0.25) is 15.1 Å². The minimum atomic E-state index is -4.11. The molecule has 0 unspecified atom stereocenters. The van der Waals surface area contributed by atoms with Crippen molar-refractivity contribution in [1.82, 2.24) is 9.80 Å². The highest BCUT2D eigenvalue weighted by Crippen LogP contribution is 2.33.